The Kier molecular flexibility index (Phi) is 12.9. The number of methoxy groups -OCH3 is 3. The van der Waals surface area contributed by atoms with Crippen LogP contribution in [0.3, 0.4) is 0 Å². The van der Waals surface area contributed by atoms with Crippen molar-refractivity contribution in [2.75, 3.05) is 34.4 Å². The summed E-state index contributed by atoms with van der Waals surface area (Å²) in [7, 11) is 4.01. The molecule has 3 aliphatic heterocycles. The van der Waals surface area contributed by atoms with E-state index in [1.165, 1.54) is 21.3 Å². The number of aromatic nitrogens is 4. The van der Waals surface area contributed by atoms with Crippen molar-refractivity contribution in [2.45, 2.75) is 84.5 Å². The van der Waals surface area contributed by atoms with Crippen molar-refractivity contribution in [3.05, 3.63) is 95.3 Å². The lowest BCUT2D eigenvalue weighted by Gasteiger charge is -2.34. The van der Waals surface area contributed by atoms with E-state index < -0.39 is 36.4 Å². The zero-order valence-corrected chi connectivity index (χ0v) is 37.9. The molecule has 6 unspecified atom stereocenters. The zero-order chi connectivity index (χ0) is 46.1. The van der Waals surface area contributed by atoms with Crippen LogP contribution in [0.2, 0.25) is 0 Å². The van der Waals surface area contributed by atoms with Crippen LogP contribution in [0.1, 0.15) is 87.5 Å². The molecule has 4 N–H and O–H groups in total. The fraction of sp³-hybridized carbons (Fsp3) is 0.417. The first-order chi connectivity index (χ1) is 31.3. The van der Waals surface area contributed by atoms with Crippen molar-refractivity contribution in [3.8, 4) is 45.1 Å². The van der Waals surface area contributed by atoms with Gasteiger partial charge in [-0.05, 0) is 61.9 Å². The van der Waals surface area contributed by atoms with Crippen LogP contribution in [-0.4, -0.2) is 100 Å². The summed E-state index contributed by atoms with van der Waals surface area (Å²) >= 11 is 0. The molecule has 3 aliphatic rings. The van der Waals surface area contributed by atoms with Gasteiger partial charge < -0.3 is 54.1 Å². The summed E-state index contributed by atoms with van der Waals surface area (Å²) in [5, 5.41) is 5.37. The molecule has 1 fully saturated rings. The van der Waals surface area contributed by atoms with Crippen molar-refractivity contribution in [3.63, 3.8) is 0 Å². The van der Waals surface area contributed by atoms with Crippen LogP contribution in [0.25, 0.3) is 33.6 Å². The number of benzene rings is 3. The van der Waals surface area contributed by atoms with E-state index in [0.29, 0.717) is 49.9 Å². The molecular formula is C48H56N8O9. The lowest BCUT2D eigenvalue weighted by molar-refractivity contribution is -0.139. The predicted octanol–water partition coefficient (Wildman–Crippen LogP) is 7.23. The molecule has 17 nitrogen and oxygen atoms in total. The molecule has 17 heteroatoms. The Labute approximate surface area is 377 Å². The largest absolute Gasteiger partial charge is 0.488 e. The summed E-state index contributed by atoms with van der Waals surface area (Å²) in [6, 6.07) is 14.6. The number of nitrogens with one attached hydrogen (secondary N) is 4. The average molecular weight is 889 g/mol. The molecule has 0 radical (unpaired) electrons. The monoisotopic (exact) mass is 888 g/mol. The summed E-state index contributed by atoms with van der Waals surface area (Å²) in [6.07, 6.45) is 2.20. The van der Waals surface area contributed by atoms with Gasteiger partial charge in [0, 0.05) is 53.6 Å². The third-order valence-electron chi connectivity index (χ3n) is 12.4. The standard InChI is InChI=1S/C48H56N8O9/c1-25(2)21-55(45(57)41(28(5)61-6)53-47(59)62-7)27(4)43-49-19-34(51-43)30-15-32-23-65-38-18-31(16-33-24-64-37(17-30)39(32)40(33)38)35-20-50-44(52-35)36-14-26(3)22-56(36)46(58)42(54-48(60)63-8)29-12-10-9-11-13-29/h9-13,15-20,25-28,36,41-42H,14,21-24H2,1-8H3,(H,49,51)(H,50,52)(H,53,59)(H,54,60). The van der Waals surface area contributed by atoms with Crippen LogP contribution >= 0.6 is 0 Å². The van der Waals surface area contributed by atoms with E-state index in [2.05, 4.69) is 39.7 Å². The van der Waals surface area contributed by atoms with Gasteiger partial charge in [0.05, 0.1) is 56.2 Å². The summed E-state index contributed by atoms with van der Waals surface area (Å²) in [5.74, 6) is 2.47. The number of nitrogens with zero attached hydrogens (tertiary/aromatic N) is 4. The summed E-state index contributed by atoms with van der Waals surface area (Å²) in [4.78, 5) is 72.8. The van der Waals surface area contributed by atoms with E-state index >= 15 is 0 Å². The number of aromatic amines is 2. The fourth-order valence-electron chi connectivity index (χ4n) is 9.02. The number of hydrogen-bond acceptors (Lipinski definition) is 11. The highest BCUT2D eigenvalue weighted by Gasteiger charge is 2.40. The van der Waals surface area contributed by atoms with Crippen molar-refractivity contribution in [2.24, 2.45) is 11.8 Å². The van der Waals surface area contributed by atoms with Crippen LogP contribution in [0.5, 0.6) is 11.5 Å². The third kappa shape index (κ3) is 8.97. The van der Waals surface area contributed by atoms with Gasteiger partial charge >= 0.3 is 12.2 Å². The first kappa shape index (κ1) is 44.7. The van der Waals surface area contributed by atoms with Gasteiger partial charge in [-0.25, -0.2) is 19.6 Å². The number of likely N-dealkylation sites (tertiary alicyclic amines) is 1. The minimum atomic E-state index is -0.975. The Hall–Kier alpha value is -6.88. The fourth-order valence-corrected chi connectivity index (χ4v) is 9.02. The highest BCUT2D eigenvalue weighted by atomic mass is 16.5. The molecule has 5 aromatic rings. The average Bonchev–Trinajstić information content (AvgIpc) is 4.11. The first-order valence-corrected chi connectivity index (χ1v) is 21.9. The number of alkyl carbamates (subject to hydrolysis) is 2. The Morgan fingerprint density at radius 3 is 2.03 bits per heavy atom. The molecule has 4 amide bonds. The quantitative estimate of drug-likeness (QED) is 0.0876. The zero-order valence-electron chi connectivity index (χ0n) is 37.9. The van der Waals surface area contributed by atoms with Gasteiger partial charge in [-0.15, -0.1) is 0 Å². The number of carbonyl (C=O) groups is 4. The highest BCUT2D eigenvalue weighted by Crippen LogP contribution is 2.51. The minimum Gasteiger partial charge on any atom is -0.488 e. The molecule has 6 atom stereocenters. The molecule has 342 valence electrons. The Balaban J connectivity index is 1.03. The number of carbonyl (C=O) groups excluding carboxylic acids is 4. The number of ether oxygens (including phenoxy) is 5. The van der Waals surface area contributed by atoms with Crippen LogP contribution in [0, 0.1) is 11.8 Å². The molecule has 0 saturated carbocycles. The van der Waals surface area contributed by atoms with Crippen molar-refractivity contribution in [1.82, 2.24) is 40.4 Å². The molecule has 5 heterocycles. The molecule has 0 aliphatic carbocycles. The second kappa shape index (κ2) is 18.7. The summed E-state index contributed by atoms with van der Waals surface area (Å²) < 4.78 is 28.1. The SMILES string of the molecule is COC(=O)NC(C(=O)N1CC(C)CC1c1ncc(-c2cc3c4c(c2)OCc2cc(-c5cnc(C(C)N(CC(C)C)C(=O)C(NC(=O)OC)C(C)OC)[nH]5)cc(c2-4)OC3)[nH]1)c1ccccc1. The van der Waals surface area contributed by atoms with E-state index in [-0.39, 0.29) is 29.7 Å². The van der Waals surface area contributed by atoms with Gasteiger partial charge in [0.25, 0.3) is 5.91 Å². The normalized spacial score (nSPS) is 17.8. The number of H-pyrrole nitrogens is 2. The Bertz CT molecular complexity index is 2520. The maximum atomic E-state index is 14.2. The van der Waals surface area contributed by atoms with E-state index in [1.807, 2.05) is 63.2 Å². The molecule has 0 spiro atoms. The van der Waals surface area contributed by atoms with Crippen LogP contribution in [0.4, 0.5) is 9.59 Å². The maximum Gasteiger partial charge on any atom is 0.407 e. The van der Waals surface area contributed by atoms with E-state index in [0.717, 1.165) is 56.3 Å². The number of rotatable bonds is 14. The van der Waals surface area contributed by atoms with E-state index in [1.54, 1.807) is 29.1 Å². The number of amides is 4. The van der Waals surface area contributed by atoms with Gasteiger partial charge in [0.1, 0.15) is 48.4 Å². The molecule has 0 bridgehead atoms. The van der Waals surface area contributed by atoms with Gasteiger partial charge in [-0.3, -0.25) is 9.59 Å². The van der Waals surface area contributed by atoms with Crippen LogP contribution in [-0.2, 0) is 37.0 Å². The molecule has 3 aromatic carbocycles. The predicted molar refractivity (Wildman–Crippen MR) is 239 cm³/mol. The third-order valence-corrected chi connectivity index (χ3v) is 12.4. The molecule has 65 heavy (non-hydrogen) atoms. The Morgan fingerprint density at radius 1 is 0.831 bits per heavy atom. The van der Waals surface area contributed by atoms with Crippen molar-refractivity contribution >= 4 is 24.0 Å². The first-order valence-electron chi connectivity index (χ1n) is 21.9. The van der Waals surface area contributed by atoms with E-state index in [9.17, 15) is 19.2 Å². The minimum absolute atomic E-state index is 0.126. The molecule has 8 rings (SSSR count). The lowest BCUT2D eigenvalue weighted by Crippen LogP contribution is -2.55. The second-order valence-electron chi connectivity index (χ2n) is 17.4. The molecule has 2 aromatic heterocycles. The van der Waals surface area contributed by atoms with Gasteiger partial charge in [0.2, 0.25) is 5.91 Å². The van der Waals surface area contributed by atoms with Crippen LogP contribution < -0.4 is 20.1 Å². The second-order valence-corrected chi connectivity index (χ2v) is 17.4. The summed E-state index contributed by atoms with van der Waals surface area (Å²) in [5.41, 5.74) is 7.80. The van der Waals surface area contributed by atoms with Crippen molar-refractivity contribution < 1.29 is 42.9 Å². The van der Waals surface area contributed by atoms with Crippen LogP contribution in [0.15, 0.2) is 67.0 Å². The topological polar surface area (TPSA) is 202 Å². The molecule has 1 saturated heterocycles. The lowest BCUT2D eigenvalue weighted by atomic mass is 9.87. The summed E-state index contributed by atoms with van der Waals surface area (Å²) in [6.45, 7) is 11.3. The van der Waals surface area contributed by atoms with Crippen molar-refractivity contribution in [1.29, 1.82) is 0 Å². The van der Waals surface area contributed by atoms with Gasteiger partial charge in [0.15, 0.2) is 0 Å². The number of hydrogen-bond donors (Lipinski definition) is 4. The smallest absolute Gasteiger partial charge is 0.407 e. The van der Waals surface area contributed by atoms with E-state index in [4.69, 9.17) is 33.7 Å². The number of imidazole rings is 2. The maximum absolute atomic E-state index is 14.2. The molecular weight excluding hydrogens is 833 g/mol. The Morgan fingerprint density at radius 2 is 1.43 bits per heavy atom. The van der Waals surface area contributed by atoms with Gasteiger partial charge in [-0.2, -0.15) is 0 Å². The van der Waals surface area contributed by atoms with Gasteiger partial charge in [-0.1, -0.05) is 51.1 Å². The highest BCUT2D eigenvalue weighted by molar-refractivity contribution is 5.90.